The van der Waals surface area contributed by atoms with Crippen LogP contribution in [0.3, 0.4) is 0 Å². The number of nitrogens with zero attached hydrogens (tertiary/aromatic N) is 4. The molecule has 8 heteroatoms. The maximum Gasteiger partial charge on any atom is 0.232 e. The first kappa shape index (κ1) is 18.3. The molecule has 2 amide bonds. The predicted octanol–water partition coefficient (Wildman–Crippen LogP) is 2.04. The molecule has 4 rings (SSSR count). The van der Waals surface area contributed by atoms with Gasteiger partial charge in [-0.15, -0.1) is 0 Å². The van der Waals surface area contributed by atoms with Crippen molar-refractivity contribution in [3.05, 3.63) is 48.7 Å². The van der Waals surface area contributed by atoms with Crippen molar-refractivity contribution in [2.75, 3.05) is 24.5 Å². The lowest BCUT2D eigenvalue weighted by Crippen LogP contribution is -2.45. The van der Waals surface area contributed by atoms with Gasteiger partial charge < -0.3 is 14.5 Å². The number of hydrogen-bond donors (Lipinski definition) is 0. The molecular formula is C20H21FN4O3. The maximum atomic E-state index is 13.1. The van der Waals surface area contributed by atoms with Crippen molar-refractivity contribution >= 4 is 17.5 Å². The molecule has 1 aromatic heterocycles. The maximum absolute atomic E-state index is 13.1. The summed E-state index contributed by atoms with van der Waals surface area (Å²) in [4.78, 5) is 36.7. The minimum absolute atomic E-state index is 0.00155. The van der Waals surface area contributed by atoms with Crippen LogP contribution in [0.1, 0.15) is 19.3 Å². The third-order valence-electron chi connectivity index (χ3n) is 5.19. The van der Waals surface area contributed by atoms with Gasteiger partial charge in [0.25, 0.3) is 0 Å². The number of carbonyl (C=O) groups excluding carboxylic acids is 2. The zero-order chi connectivity index (χ0) is 19.5. The first-order valence-electron chi connectivity index (χ1n) is 9.37. The van der Waals surface area contributed by atoms with E-state index in [1.165, 1.54) is 12.1 Å². The number of aromatic nitrogens is 2. The Labute approximate surface area is 162 Å². The summed E-state index contributed by atoms with van der Waals surface area (Å²) in [5.74, 6) is -0.338. The monoisotopic (exact) mass is 384 g/mol. The number of likely N-dealkylation sites (tertiary alicyclic amines) is 1. The van der Waals surface area contributed by atoms with E-state index in [0.29, 0.717) is 44.0 Å². The third kappa shape index (κ3) is 3.95. The molecule has 2 aliphatic rings. The van der Waals surface area contributed by atoms with E-state index in [1.807, 2.05) is 4.90 Å². The van der Waals surface area contributed by atoms with Crippen LogP contribution in [0.5, 0.6) is 5.88 Å². The number of amides is 2. The number of anilines is 1. The second kappa shape index (κ2) is 7.92. The van der Waals surface area contributed by atoms with E-state index in [-0.39, 0.29) is 36.1 Å². The van der Waals surface area contributed by atoms with Gasteiger partial charge in [-0.05, 0) is 24.3 Å². The Morgan fingerprint density at radius 2 is 1.89 bits per heavy atom. The van der Waals surface area contributed by atoms with Crippen molar-refractivity contribution in [1.29, 1.82) is 0 Å². The molecule has 2 fully saturated rings. The van der Waals surface area contributed by atoms with Gasteiger partial charge in [0.05, 0.1) is 12.1 Å². The Hall–Kier alpha value is -3.03. The lowest BCUT2D eigenvalue weighted by atomic mass is 10.0. The summed E-state index contributed by atoms with van der Waals surface area (Å²) in [6.07, 6.45) is 6.36. The number of hydrogen-bond acceptors (Lipinski definition) is 5. The Balaban J connectivity index is 1.32. The molecule has 0 saturated carbocycles. The normalized spacial score (nSPS) is 20.5. The van der Waals surface area contributed by atoms with Gasteiger partial charge in [0.1, 0.15) is 11.9 Å². The molecule has 0 spiro atoms. The lowest BCUT2D eigenvalue weighted by Gasteiger charge is -2.33. The van der Waals surface area contributed by atoms with Crippen molar-refractivity contribution in [1.82, 2.24) is 14.9 Å². The summed E-state index contributed by atoms with van der Waals surface area (Å²) < 4.78 is 18.9. The number of halogens is 1. The molecule has 0 radical (unpaired) electrons. The first-order valence-corrected chi connectivity index (χ1v) is 9.37. The fourth-order valence-corrected chi connectivity index (χ4v) is 3.71. The van der Waals surface area contributed by atoms with Gasteiger partial charge in [-0.1, -0.05) is 0 Å². The largest absolute Gasteiger partial charge is 0.473 e. The van der Waals surface area contributed by atoms with E-state index in [4.69, 9.17) is 4.74 Å². The summed E-state index contributed by atoms with van der Waals surface area (Å²) in [6.45, 7) is 1.51. The third-order valence-corrected chi connectivity index (χ3v) is 5.19. The molecule has 146 valence electrons. The summed E-state index contributed by atoms with van der Waals surface area (Å²) in [5, 5.41) is 0. The van der Waals surface area contributed by atoms with E-state index in [0.717, 1.165) is 0 Å². The average molecular weight is 384 g/mol. The molecule has 0 aliphatic carbocycles. The van der Waals surface area contributed by atoms with Crippen LogP contribution in [0.25, 0.3) is 0 Å². The fourth-order valence-electron chi connectivity index (χ4n) is 3.71. The van der Waals surface area contributed by atoms with Crippen LogP contribution in [0.15, 0.2) is 42.9 Å². The Kier molecular flexibility index (Phi) is 5.18. The smallest absolute Gasteiger partial charge is 0.232 e. The topological polar surface area (TPSA) is 75.6 Å². The molecule has 7 nitrogen and oxygen atoms in total. The molecule has 0 N–H and O–H groups in total. The van der Waals surface area contributed by atoms with E-state index < -0.39 is 0 Å². The Morgan fingerprint density at radius 1 is 1.14 bits per heavy atom. The summed E-state index contributed by atoms with van der Waals surface area (Å²) >= 11 is 0. The van der Waals surface area contributed by atoms with Crippen molar-refractivity contribution in [3.63, 3.8) is 0 Å². The second-order valence-electron chi connectivity index (χ2n) is 7.07. The summed E-state index contributed by atoms with van der Waals surface area (Å²) in [7, 11) is 0. The van der Waals surface area contributed by atoms with Crippen LogP contribution < -0.4 is 9.64 Å². The summed E-state index contributed by atoms with van der Waals surface area (Å²) in [5.41, 5.74) is 0.623. The van der Waals surface area contributed by atoms with Crippen LogP contribution in [0.4, 0.5) is 10.1 Å². The highest BCUT2D eigenvalue weighted by Crippen LogP contribution is 2.27. The predicted molar refractivity (Wildman–Crippen MR) is 99.1 cm³/mol. The zero-order valence-corrected chi connectivity index (χ0v) is 15.3. The van der Waals surface area contributed by atoms with Gasteiger partial charge in [-0.3, -0.25) is 14.6 Å². The highest BCUT2D eigenvalue weighted by atomic mass is 19.1. The molecule has 0 bridgehead atoms. The highest BCUT2D eigenvalue weighted by molar-refractivity contribution is 6.00. The highest BCUT2D eigenvalue weighted by Gasteiger charge is 2.38. The van der Waals surface area contributed by atoms with Crippen LogP contribution in [-0.2, 0) is 9.59 Å². The van der Waals surface area contributed by atoms with Crippen molar-refractivity contribution < 1.29 is 18.7 Å². The average Bonchev–Trinajstić information content (AvgIpc) is 3.11. The van der Waals surface area contributed by atoms with Crippen molar-refractivity contribution in [3.8, 4) is 5.88 Å². The second-order valence-corrected chi connectivity index (χ2v) is 7.07. The number of rotatable bonds is 4. The van der Waals surface area contributed by atoms with Crippen molar-refractivity contribution in [2.24, 2.45) is 5.92 Å². The van der Waals surface area contributed by atoms with Crippen LogP contribution >= 0.6 is 0 Å². The molecule has 0 unspecified atom stereocenters. The van der Waals surface area contributed by atoms with Gasteiger partial charge in [0.2, 0.25) is 17.7 Å². The first-order chi connectivity index (χ1) is 13.6. The molecule has 2 saturated heterocycles. The summed E-state index contributed by atoms with van der Waals surface area (Å²) in [6, 6.07) is 5.77. The van der Waals surface area contributed by atoms with Gasteiger partial charge in [-0.25, -0.2) is 9.37 Å². The Bertz CT molecular complexity index is 838. The van der Waals surface area contributed by atoms with Crippen LogP contribution in [-0.4, -0.2) is 52.4 Å². The van der Waals surface area contributed by atoms with E-state index >= 15 is 0 Å². The molecule has 2 aliphatic heterocycles. The zero-order valence-electron chi connectivity index (χ0n) is 15.3. The van der Waals surface area contributed by atoms with E-state index in [1.54, 1.807) is 35.6 Å². The van der Waals surface area contributed by atoms with Gasteiger partial charge >= 0.3 is 0 Å². The number of benzene rings is 1. The molecular weight excluding hydrogens is 363 g/mol. The molecule has 1 aromatic carbocycles. The minimum Gasteiger partial charge on any atom is -0.473 e. The molecule has 28 heavy (non-hydrogen) atoms. The SMILES string of the molecule is O=C([C@@H]1CC(=O)N(c2ccc(F)cc2)C1)N1CCC(Oc2cnccn2)CC1. The van der Waals surface area contributed by atoms with E-state index in [2.05, 4.69) is 9.97 Å². The lowest BCUT2D eigenvalue weighted by molar-refractivity contribution is -0.137. The number of ether oxygens (including phenoxy) is 1. The van der Waals surface area contributed by atoms with E-state index in [9.17, 15) is 14.0 Å². The van der Waals surface area contributed by atoms with Crippen molar-refractivity contribution in [2.45, 2.75) is 25.4 Å². The Morgan fingerprint density at radius 3 is 2.57 bits per heavy atom. The fraction of sp³-hybridized carbons (Fsp3) is 0.400. The van der Waals surface area contributed by atoms with Gasteiger partial charge in [0.15, 0.2) is 0 Å². The number of carbonyl (C=O) groups is 2. The molecule has 3 heterocycles. The van der Waals surface area contributed by atoms with Gasteiger partial charge in [0, 0.05) is 57.0 Å². The standard InChI is InChI=1S/C20H21FN4O3/c21-15-1-3-16(4-2-15)25-13-14(11-19(25)26)20(27)24-9-5-17(6-10-24)28-18-12-22-7-8-23-18/h1-4,7-8,12,14,17H,5-6,9-11,13H2/t14-/m1/s1. The molecule has 2 aromatic rings. The van der Waals surface area contributed by atoms with Crippen LogP contribution in [0.2, 0.25) is 0 Å². The van der Waals surface area contributed by atoms with Crippen LogP contribution in [0, 0.1) is 11.7 Å². The quantitative estimate of drug-likeness (QED) is 0.806. The number of piperidine rings is 1. The molecule has 1 atom stereocenters. The van der Waals surface area contributed by atoms with Gasteiger partial charge in [-0.2, -0.15) is 0 Å². The minimum atomic E-state index is -0.366.